The van der Waals surface area contributed by atoms with Gasteiger partial charge in [0.25, 0.3) is 0 Å². The molecule has 1 rings (SSSR count). The maximum Gasteiger partial charge on any atom is 0.356 e. The lowest BCUT2D eigenvalue weighted by Crippen LogP contribution is -2.41. The molecule has 7 nitrogen and oxygen atoms in total. The Morgan fingerprint density at radius 3 is 2.42 bits per heavy atom. The summed E-state index contributed by atoms with van der Waals surface area (Å²) in [5, 5.41) is 11.7. The van der Waals surface area contributed by atoms with Crippen molar-refractivity contribution >= 4 is 24.5 Å². The molecule has 1 aliphatic heterocycles. The largest absolute Gasteiger partial charge is 0.476 e. The number of aliphatic imine (C=N–C) groups is 1. The second-order valence-corrected chi connectivity index (χ2v) is 4.08. The lowest BCUT2D eigenvalue weighted by Gasteiger charge is -2.25. The van der Waals surface area contributed by atoms with E-state index < -0.39 is 5.97 Å². The quantitative estimate of drug-likeness (QED) is 0.405. The van der Waals surface area contributed by atoms with E-state index in [1.54, 1.807) is 7.05 Å². The summed E-state index contributed by atoms with van der Waals surface area (Å²) in [6.07, 6.45) is 1.51. The van der Waals surface area contributed by atoms with Crippen LogP contribution in [0.25, 0.3) is 0 Å². The molecule has 104 valence electrons. The normalized spacial score (nSPS) is 17.0. The molecule has 1 heterocycles. The van der Waals surface area contributed by atoms with Crippen LogP contribution in [0.2, 0.25) is 0 Å². The predicted molar refractivity (Wildman–Crippen MR) is 68.5 cm³/mol. The van der Waals surface area contributed by atoms with Gasteiger partial charge in [-0.3, -0.25) is 19.5 Å². The van der Waals surface area contributed by atoms with E-state index in [1.165, 1.54) is 4.90 Å². The molecule has 0 unspecified atom stereocenters. The van der Waals surface area contributed by atoms with Crippen molar-refractivity contribution in [1.29, 1.82) is 0 Å². The lowest BCUT2D eigenvalue weighted by molar-refractivity contribution is -0.147. The van der Waals surface area contributed by atoms with Gasteiger partial charge in [0.15, 0.2) is 5.70 Å². The second kappa shape index (κ2) is 6.67. The molecule has 0 saturated carbocycles. The van der Waals surface area contributed by atoms with Gasteiger partial charge in [0.05, 0.1) is 0 Å². The Bertz CT molecular complexity index is 426. The Hall–Kier alpha value is -2.18. The zero-order valence-electron chi connectivity index (χ0n) is 10.8. The van der Waals surface area contributed by atoms with Crippen LogP contribution in [0.4, 0.5) is 0 Å². The van der Waals surface area contributed by atoms with Crippen LogP contribution >= 0.6 is 0 Å². The number of hydrogen-bond donors (Lipinski definition) is 2. The van der Waals surface area contributed by atoms with E-state index in [4.69, 9.17) is 5.11 Å². The van der Waals surface area contributed by atoms with Gasteiger partial charge in [0.2, 0.25) is 11.8 Å². The zero-order valence-corrected chi connectivity index (χ0v) is 10.8. The van der Waals surface area contributed by atoms with Crippen molar-refractivity contribution in [2.45, 2.75) is 25.7 Å². The minimum Gasteiger partial charge on any atom is -0.476 e. The number of amides is 2. The molecule has 2 amide bonds. The average Bonchev–Trinajstić information content (AvgIpc) is 2.36. The van der Waals surface area contributed by atoms with Gasteiger partial charge >= 0.3 is 5.97 Å². The second-order valence-electron chi connectivity index (χ2n) is 4.08. The molecule has 1 fully saturated rings. The fourth-order valence-corrected chi connectivity index (χ4v) is 1.93. The highest BCUT2D eigenvalue weighted by Gasteiger charge is 2.26. The fraction of sp³-hybridized carbons (Fsp3) is 0.500. The van der Waals surface area contributed by atoms with Crippen molar-refractivity contribution < 1.29 is 19.5 Å². The molecule has 0 aromatic rings. The Labute approximate surface area is 111 Å². The maximum atomic E-state index is 11.6. The van der Waals surface area contributed by atoms with Crippen LogP contribution < -0.4 is 5.32 Å². The molecular weight excluding hydrogens is 250 g/mol. The van der Waals surface area contributed by atoms with E-state index in [1.807, 2.05) is 0 Å². The zero-order chi connectivity index (χ0) is 14.4. The van der Waals surface area contributed by atoms with Crippen molar-refractivity contribution in [2.24, 2.45) is 4.99 Å². The molecule has 0 radical (unpaired) electrons. The number of carbonyl (C=O) groups is 3. The molecule has 1 saturated heterocycles. The minimum absolute atomic E-state index is 0.153. The number of carbonyl (C=O) groups excluding carboxylic acids is 2. The van der Waals surface area contributed by atoms with Crippen LogP contribution in [0.1, 0.15) is 25.7 Å². The summed E-state index contributed by atoms with van der Waals surface area (Å²) < 4.78 is 0. The average molecular weight is 267 g/mol. The Morgan fingerprint density at radius 2 is 2.00 bits per heavy atom. The number of nitrogens with zero attached hydrogens (tertiary/aromatic N) is 2. The van der Waals surface area contributed by atoms with Crippen molar-refractivity contribution in [3.05, 3.63) is 11.4 Å². The number of piperidine rings is 1. The predicted octanol–water partition coefficient (Wildman–Crippen LogP) is 0.132. The molecule has 7 heteroatoms. The third kappa shape index (κ3) is 3.64. The minimum atomic E-state index is -1.20. The first-order chi connectivity index (χ1) is 9.01. The number of nitrogens with one attached hydrogen (secondary N) is 1. The summed E-state index contributed by atoms with van der Waals surface area (Å²) in [7, 11) is 1.56. The molecule has 2 N–H and O–H groups in total. The van der Waals surface area contributed by atoms with Gasteiger partial charge in [0, 0.05) is 38.6 Å². The molecule has 0 bridgehead atoms. The third-order valence-corrected chi connectivity index (χ3v) is 2.92. The molecule has 1 aliphatic rings. The van der Waals surface area contributed by atoms with Gasteiger partial charge in [-0.05, 0) is 13.1 Å². The highest BCUT2D eigenvalue weighted by atomic mass is 16.4. The Balaban J connectivity index is 2.77. The van der Waals surface area contributed by atoms with Crippen LogP contribution in [-0.4, -0.2) is 48.1 Å². The van der Waals surface area contributed by atoms with Crippen LogP contribution in [0.15, 0.2) is 16.4 Å². The summed E-state index contributed by atoms with van der Waals surface area (Å²) in [5.74, 6) is -1.62. The first-order valence-electron chi connectivity index (χ1n) is 5.95. The number of hydrogen-bond acceptors (Lipinski definition) is 5. The Morgan fingerprint density at radius 1 is 1.42 bits per heavy atom. The van der Waals surface area contributed by atoms with Crippen molar-refractivity contribution in [1.82, 2.24) is 10.2 Å². The van der Waals surface area contributed by atoms with Crippen molar-refractivity contribution in [3.8, 4) is 0 Å². The molecule has 0 atom stereocenters. The number of imide groups is 1. The van der Waals surface area contributed by atoms with E-state index in [0.717, 1.165) is 0 Å². The van der Waals surface area contributed by atoms with Crippen LogP contribution in [0.5, 0.6) is 0 Å². The summed E-state index contributed by atoms with van der Waals surface area (Å²) in [6.45, 7) is 3.35. The summed E-state index contributed by atoms with van der Waals surface area (Å²) in [5.41, 5.74) is 0.146. The number of likely N-dealkylation sites (tertiary alicyclic amines) is 1. The molecule has 0 aromatic carbocycles. The fourth-order valence-electron chi connectivity index (χ4n) is 1.93. The molecule has 0 aliphatic carbocycles. The first-order valence-corrected chi connectivity index (χ1v) is 5.95. The van der Waals surface area contributed by atoms with Crippen LogP contribution in [0, 0.1) is 0 Å². The number of rotatable bonds is 6. The van der Waals surface area contributed by atoms with E-state index in [2.05, 4.69) is 17.0 Å². The van der Waals surface area contributed by atoms with Gasteiger partial charge in [-0.15, -0.1) is 0 Å². The summed E-state index contributed by atoms with van der Waals surface area (Å²) >= 11 is 0. The highest BCUT2D eigenvalue weighted by Crippen LogP contribution is 2.15. The van der Waals surface area contributed by atoms with Gasteiger partial charge in [-0.2, -0.15) is 0 Å². The summed E-state index contributed by atoms with van der Waals surface area (Å²) in [6, 6.07) is 0. The Kier molecular flexibility index (Phi) is 5.23. The van der Waals surface area contributed by atoms with E-state index in [0.29, 0.717) is 25.0 Å². The maximum absolute atomic E-state index is 11.6. The number of aliphatic carboxylic acids is 1. The van der Waals surface area contributed by atoms with Gasteiger partial charge < -0.3 is 10.4 Å². The van der Waals surface area contributed by atoms with Crippen molar-refractivity contribution in [2.75, 3.05) is 13.6 Å². The standard InChI is InChI=1S/C12H17N3O4/c1-13-8(11(14-2)12(18)19)6-7-15-9(16)4-3-5-10(15)17/h13H,2-7H2,1H3,(H,18,19)/b11-8-. The molecule has 0 aromatic heterocycles. The first kappa shape index (κ1) is 14.9. The van der Waals surface area contributed by atoms with Crippen LogP contribution in [-0.2, 0) is 14.4 Å². The SMILES string of the molecule is C=N/C(C(=O)O)=C(/CCN1C(=O)CCCC1=O)NC. The third-order valence-electron chi connectivity index (χ3n) is 2.92. The smallest absolute Gasteiger partial charge is 0.356 e. The van der Waals surface area contributed by atoms with E-state index in [9.17, 15) is 14.4 Å². The van der Waals surface area contributed by atoms with Gasteiger partial charge in [-0.1, -0.05) is 0 Å². The van der Waals surface area contributed by atoms with E-state index >= 15 is 0 Å². The summed E-state index contributed by atoms with van der Waals surface area (Å²) in [4.78, 5) is 38.7. The van der Waals surface area contributed by atoms with Gasteiger partial charge in [0.1, 0.15) is 0 Å². The van der Waals surface area contributed by atoms with Crippen molar-refractivity contribution in [3.63, 3.8) is 0 Å². The topological polar surface area (TPSA) is 99.1 Å². The monoisotopic (exact) mass is 267 g/mol. The highest BCUT2D eigenvalue weighted by molar-refractivity contribution is 5.97. The lowest BCUT2D eigenvalue weighted by atomic mass is 10.1. The number of carboxylic acid groups (broad SMARTS) is 1. The number of carboxylic acids is 1. The van der Waals surface area contributed by atoms with E-state index in [-0.39, 0.29) is 30.5 Å². The molecule has 0 spiro atoms. The van der Waals surface area contributed by atoms with Gasteiger partial charge in [-0.25, -0.2) is 4.79 Å². The van der Waals surface area contributed by atoms with Crippen LogP contribution in [0.3, 0.4) is 0 Å². The molecule has 19 heavy (non-hydrogen) atoms. The molecular formula is C12H17N3O4.